The molecule has 0 radical (unpaired) electrons. The minimum atomic E-state index is -0.456. The summed E-state index contributed by atoms with van der Waals surface area (Å²) in [6.45, 7) is 7.97. The van der Waals surface area contributed by atoms with E-state index in [4.69, 9.17) is 19.2 Å². The number of anilines is 1. The van der Waals surface area contributed by atoms with Gasteiger partial charge in [0.05, 0.1) is 30.8 Å². The highest BCUT2D eigenvalue weighted by molar-refractivity contribution is 5.92. The first kappa shape index (κ1) is 31.9. The van der Waals surface area contributed by atoms with E-state index in [0.717, 1.165) is 22.4 Å². The maximum atomic E-state index is 13.8. The van der Waals surface area contributed by atoms with Crippen LogP contribution < -0.4 is 25.1 Å². The summed E-state index contributed by atoms with van der Waals surface area (Å²) in [5.74, 6) is 1.16. The molecule has 0 saturated heterocycles. The van der Waals surface area contributed by atoms with Gasteiger partial charge in [-0.3, -0.25) is 9.59 Å². The highest BCUT2D eigenvalue weighted by Gasteiger charge is 2.18. The smallest absolute Gasteiger partial charge is 0.282 e. The van der Waals surface area contributed by atoms with E-state index in [1.54, 1.807) is 49.7 Å². The first-order valence-corrected chi connectivity index (χ1v) is 14.9. The highest BCUT2D eigenvalue weighted by Crippen LogP contribution is 2.34. The van der Waals surface area contributed by atoms with Crippen molar-refractivity contribution in [3.63, 3.8) is 0 Å². The first-order chi connectivity index (χ1) is 22.2. The van der Waals surface area contributed by atoms with Crippen LogP contribution in [0.25, 0.3) is 22.3 Å². The van der Waals surface area contributed by atoms with Gasteiger partial charge in [0.15, 0.2) is 23.9 Å². The third-order valence-electron chi connectivity index (χ3n) is 7.25. The molecule has 0 aliphatic carbocycles. The van der Waals surface area contributed by atoms with Gasteiger partial charge in [0.25, 0.3) is 11.5 Å². The summed E-state index contributed by atoms with van der Waals surface area (Å²) in [5, 5.41) is 7.65. The number of aryl methyl sites for hydroxylation is 1. The van der Waals surface area contributed by atoms with Crippen molar-refractivity contribution in [1.29, 1.82) is 0 Å². The molecule has 1 N–H and O–H groups in total. The Bertz CT molecular complexity index is 1990. The first-order valence-electron chi connectivity index (χ1n) is 14.9. The van der Waals surface area contributed by atoms with Crippen LogP contribution in [-0.2, 0) is 4.79 Å². The molecule has 5 aromatic rings. The second-order valence-corrected chi connectivity index (χ2v) is 10.9. The van der Waals surface area contributed by atoms with E-state index in [9.17, 15) is 14.0 Å². The van der Waals surface area contributed by atoms with Gasteiger partial charge in [0.1, 0.15) is 11.6 Å². The molecule has 10 heteroatoms. The van der Waals surface area contributed by atoms with Crippen molar-refractivity contribution < 1.29 is 23.4 Å². The molecule has 46 heavy (non-hydrogen) atoms. The lowest BCUT2D eigenvalue weighted by molar-refractivity contribution is -0.118. The quantitative estimate of drug-likeness (QED) is 0.160. The van der Waals surface area contributed by atoms with E-state index in [-0.39, 0.29) is 18.1 Å². The summed E-state index contributed by atoms with van der Waals surface area (Å²) in [5.41, 5.74) is 3.84. The summed E-state index contributed by atoms with van der Waals surface area (Å²) in [4.78, 5) is 31.1. The van der Waals surface area contributed by atoms with Gasteiger partial charge in [-0.05, 0) is 97.1 Å². The molecule has 0 aliphatic rings. The molecule has 0 unspecified atom stereocenters. The number of carbonyl (C=O) groups is 1. The second kappa shape index (κ2) is 14.1. The highest BCUT2D eigenvalue weighted by atomic mass is 19.1. The number of aromatic nitrogens is 2. The van der Waals surface area contributed by atoms with Crippen molar-refractivity contribution in [2.75, 3.05) is 25.6 Å². The molecule has 0 fully saturated rings. The van der Waals surface area contributed by atoms with E-state index in [1.807, 2.05) is 38.1 Å². The fraction of sp³-hybridized carbons (Fsp3) is 0.222. The number of amides is 1. The van der Waals surface area contributed by atoms with Crippen LogP contribution in [0, 0.1) is 12.7 Å². The fourth-order valence-corrected chi connectivity index (χ4v) is 5.00. The third-order valence-corrected chi connectivity index (χ3v) is 7.25. The molecule has 0 bridgehead atoms. The number of hydrogen-bond donors (Lipinski definition) is 1. The van der Waals surface area contributed by atoms with Crippen molar-refractivity contribution in [2.45, 2.75) is 33.6 Å². The molecule has 0 saturated carbocycles. The van der Waals surface area contributed by atoms with E-state index >= 15 is 0 Å². The summed E-state index contributed by atoms with van der Waals surface area (Å²) >= 11 is 0. The SMILES string of the molecule is CCOc1cc(C=Nn2c(-c3cc(C(C)C)c(OC)cc3C)nc3ccccc3c2=O)ccc1OCC(=O)Nc1cccc(F)c1. The Morgan fingerprint density at radius 1 is 1.00 bits per heavy atom. The number of nitrogens with zero attached hydrogens (tertiary/aromatic N) is 3. The van der Waals surface area contributed by atoms with Crippen LogP contribution in [0.4, 0.5) is 10.1 Å². The fourth-order valence-electron chi connectivity index (χ4n) is 5.00. The van der Waals surface area contributed by atoms with Crippen LogP contribution in [0.2, 0.25) is 0 Å². The van der Waals surface area contributed by atoms with Crippen molar-refractivity contribution in [2.24, 2.45) is 5.10 Å². The molecule has 9 nitrogen and oxygen atoms in total. The Morgan fingerprint density at radius 2 is 1.80 bits per heavy atom. The Balaban J connectivity index is 1.49. The molecule has 1 heterocycles. The van der Waals surface area contributed by atoms with E-state index < -0.39 is 11.7 Å². The zero-order valence-electron chi connectivity index (χ0n) is 26.3. The molecule has 5 rings (SSSR count). The zero-order valence-corrected chi connectivity index (χ0v) is 26.3. The van der Waals surface area contributed by atoms with Crippen LogP contribution in [0.1, 0.15) is 43.4 Å². The molecule has 1 aromatic heterocycles. The Hall–Kier alpha value is -5.51. The second-order valence-electron chi connectivity index (χ2n) is 10.9. The van der Waals surface area contributed by atoms with Gasteiger partial charge < -0.3 is 19.5 Å². The van der Waals surface area contributed by atoms with Crippen molar-refractivity contribution in [3.05, 3.63) is 112 Å². The number of carbonyl (C=O) groups excluding carboxylic acids is 1. The average Bonchev–Trinajstić information content (AvgIpc) is 3.03. The predicted octanol–water partition coefficient (Wildman–Crippen LogP) is 6.94. The Kier molecular flexibility index (Phi) is 9.76. The minimum Gasteiger partial charge on any atom is -0.496 e. The molecule has 0 spiro atoms. The third kappa shape index (κ3) is 7.07. The lowest BCUT2D eigenvalue weighted by Gasteiger charge is -2.17. The summed E-state index contributed by atoms with van der Waals surface area (Å²) in [6, 6.07) is 21.8. The van der Waals surface area contributed by atoms with Crippen LogP contribution in [0.15, 0.2) is 88.8 Å². The normalized spacial score (nSPS) is 11.3. The van der Waals surface area contributed by atoms with E-state index in [0.29, 0.717) is 46.1 Å². The molecule has 4 aromatic carbocycles. The standard InChI is InChI=1S/C36H35FN4O5/c1-6-45-33-17-24(14-15-31(33)46-21-34(42)39-26-11-9-10-25(37)18-26)20-38-41-35(40-30-13-8-7-12-27(30)36(41)43)29-19-28(22(2)3)32(44-5)16-23(29)4/h7-20,22H,6,21H2,1-5H3,(H,39,42). The number of methoxy groups -OCH3 is 1. The van der Waals surface area contributed by atoms with E-state index in [1.165, 1.54) is 22.9 Å². The van der Waals surface area contributed by atoms with Crippen LogP contribution in [0.5, 0.6) is 17.2 Å². The number of para-hydroxylation sites is 1. The van der Waals surface area contributed by atoms with Crippen molar-refractivity contribution in [1.82, 2.24) is 9.66 Å². The zero-order chi connectivity index (χ0) is 32.8. The van der Waals surface area contributed by atoms with Crippen LogP contribution in [-0.4, -0.2) is 42.1 Å². The summed E-state index contributed by atoms with van der Waals surface area (Å²) < 4.78 is 31.9. The van der Waals surface area contributed by atoms with Crippen molar-refractivity contribution >= 4 is 28.7 Å². The number of rotatable bonds is 11. The molecule has 0 aliphatic heterocycles. The number of ether oxygens (including phenoxy) is 3. The summed E-state index contributed by atoms with van der Waals surface area (Å²) in [6.07, 6.45) is 1.55. The molecule has 1 amide bonds. The largest absolute Gasteiger partial charge is 0.496 e. The molecular formula is C36H35FN4O5. The lowest BCUT2D eigenvalue weighted by atomic mass is 9.96. The molecular weight excluding hydrogens is 587 g/mol. The predicted molar refractivity (Wildman–Crippen MR) is 178 cm³/mol. The number of fused-ring (bicyclic) bond motifs is 1. The molecule has 0 atom stereocenters. The van der Waals surface area contributed by atoms with Gasteiger partial charge in [0, 0.05) is 11.3 Å². The van der Waals surface area contributed by atoms with Gasteiger partial charge in [-0.1, -0.05) is 32.0 Å². The topological polar surface area (TPSA) is 104 Å². The monoisotopic (exact) mass is 622 g/mol. The van der Waals surface area contributed by atoms with E-state index in [2.05, 4.69) is 24.3 Å². The Labute approximate surface area is 266 Å². The maximum absolute atomic E-state index is 13.8. The number of halogens is 1. The number of hydrogen-bond acceptors (Lipinski definition) is 7. The van der Waals surface area contributed by atoms with Gasteiger partial charge in [-0.15, -0.1) is 0 Å². The van der Waals surface area contributed by atoms with Gasteiger partial charge in [-0.2, -0.15) is 9.78 Å². The van der Waals surface area contributed by atoms with Crippen molar-refractivity contribution in [3.8, 4) is 28.6 Å². The van der Waals surface area contributed by atoms with Crippen LogP contribution in [0.3, 0.4) is 0 Å². The van der Waals surface area contributed by atoms with Gasteiger partial charge >= 0.3 is 0 Å². The minimum absolute atomic E-state index is 0.170. The van der Waals surface area contributed by atoms with Gasteiger partial charge in [0.2, 0.25) is 0 Å². The summed E-state index contributed by atoms with van der Waals surface area (Å²) in [7, 11) is 1.64. The molecule has 236 valence electrons. The van der Waals surface area contributed by atoms with Gasteiger partial charge in [-0.25, -0.2) is 9.37 Å². The van der Waals surface area contributed by atoms with Crippen LogP contribution >= 0.6 is 0 Å². The number of nitrogens with one attached hydrogen (secondary N) is 1. The average molecular weight is 623 g/mol. The maximum Gasteiger partial charge on any atom is 0.282 e. The Morgan fingerprint density at radius 3 is 2.54 bits per heavy atom. The lowest BCUT2D eigenvalue weighted by Crippen LogP contribution is -2.21. The number of benzene rings is 4.